The van der Waals surface area contributed by atoms with Gasteiger partial charge in [0, 0.05) is 11.8 Å². The maximum absolute atomic E-state index is 12.6. The van der Waals surface area contributed by atoms with Crippen molar-refractivity contribution in [3.8, 4) is 0 Å². The molecule has 1 rings (SSSR count). The van der Waals surface area contributed by atoms with Gasteiger partial charge in [0.25, 0.3) is 5.69 Å². The third-order valence-electron chi connectivity index (χ3n) is 2.97. The van der Waals surface area contributed by atoms with Crippen molar-refractivity contribution in [2.45, 2.75) is 39.8 Å². The van der Waals surface area contributed by atoms with Crippen molar-refractivity contribution in [3.63, 3.8) is 0 Å². The molecule has 1 aromatic carbocycles. The zero-order valence-corrected chi connectivity index (χ0v) is 12.6. The fraction of sp³-hybridized carbons (Fsp3) is 0.500. The van der Waals surface area contributed by atoms with Crippen LogP contribution in [-0.2, 0) is 6.18 Å². The zero-order chi connectivity index (χ0) is 16.9. The average Bonchev–Trinajstić information content (AvgIpc) is 2.41. The van der Waals surface area contributed by atoms with Gasteiger partial charge in [-0.1, -0.05) is 13.8 Å². The molecule has 0 atom stereocenters. The summed E-state index contributed by atoms with van der Waals surface area (Å²) in [7, 11) is 0. The highest BCUT2D eigenvalue weighted by atomic mass is 19.4. The van der Waals surface area contributed by atoms with E-state index in [1.54, 1.807) is 6.92 Å². The van der Waals surface area contributed by atoms with Crippen molar-refractivity contribution in [2.75, 3.05) is 5.43 Å². The van der Waals surface area contributed by atoms with Gasteiger partial charge in [-0.05, 0) is 37.8 Å². The van der Waals surface area contributed by atoms with E-state index >= 15 is 0 Å². The summed E-state index contributed by atoms with van der Waals surface area (Å²) in [5.74, 6) is 0.491. The first-order chi connectivity index (χ1) is 10.1. The van der Waals surface area contributed by atoms with Crippen molar-refractivity contribution < 1.29 is 18.1 Å². The van der Waals surface area contributed by atoms with Crippen LogP contribution in [0.5, 0.6) is 0 Å². The third kappa shape index (κ3) is 5.34. The molecular formula is C14H18F3N3O2. The average molecular weight is 317 g/mol. The van der Waals surface area contributed by atoms with Crippen LogP contribution in [0.15, 0.2) is 23.3 Å². The van der Waals surface area contributed by atoms with Crippen LogP contribution in [0.2, 0.25) is 0 Å². The number of hydrazone groups is 1. The Hall–Kier alpha value is -2.12. The predicted octanol–water partition coefficient (Wildman–Crippen LogP) is 4.84. The Balaban J connectivity index is 2.95. The maximum Gasteiger partial charge on any atom is 0.416 e. The van der Waals surface area contributed by atoms with Crippen LogP contribution in [0, 0.1) is 16.0 Å². The molecule has 0 amide bonds. The van der Waals surface area contributed by atoms with E-state index in [1.165, 1.54) is 0 Å². The van der Waals surface area contributed by atoms with Crippen LogP contribution in [0.25, 0.3) is 0 Å². The number of anilines is 1. The SMILES string of the molecule is C/C(CCC(C)C)=N/Nc1ccc(C(F)(F)F)cc1[N+](=O)[O-]. The molecule has 0 aliphatic rings. The van der Waals surface area contributed by atoms with Gasteiger partial charge in [0.2, 0.25) is 0 Å². The van der Waals surface area contributed by atoms with E-state index in [-0.39, 0.29) is 5.69 Å². The molecule has 0 aliphatic carbocycles. The second kappa shape index (κ2) is 7.24. The Morgan fingerprint density at radius 1 is 1.41 bits per heavy atom. The van der Waals surface area contributed by atoms with Crippen LogP contribution in [0.3, 0.4) is 0 Å². The highest BCUT2D eigenvalue weighted by Crippen LogP contribution is 2.34. The smallest absolute Gasteiger partial charge is 0.272 e. The lowest BCUT2D eigenvalue weighted by atomic mass is 10.1. The molecule has 0 aromatic heterocycles. The van der Waals surface area contributed by atoms with Gasteiger partial charge in [0.1, 0.15) is 5.69 Å². The lowest BCUT2D eigenvalue weighted by Crippen LogP contribution is -2.07. The summed E-state index contributed by atoms with van der Waals surface area (Å²) in [4.78, 5) is 10.0. The standard InChI is InChI=1S/C14H18F3N3O2/c1-9(2)4-5-10(3)18-19-12-7-6-11(14(15,16)17)8-13(12)20(21)22/h6-9,19H,4-5H2,1-3H3/b18-10-. The van der Waals surface area contributed by atoms with Crippen LogP contribution in [0.4, 0.5) is 24.5 Å². The van der Waals surface area contributed by atoms with Gasteiger partial charge < -0.3 is 0 Å². The minimum absolute atomic E-state index is 0.0677. The second-order valence-corrected chi connectivity index (χ2v) is 5.38. The third-order valence-corrected chi connectivity index (χ3v) is 2.97. The van der Waals surface area contributed by atoms with Gasteiger partial charge in [-0.3, -0.25) is 15.5 Å². The number of rotatable bonds is 6. The molecule has 0 bridgehead atoms. The Labute approximate surface area is 126 Å². The minimum Gasteiger partial charge on any atom is -0.272 e. The van der Waals surface area contributed by atoms with Crippen molar-refractivity contribution in [1.82, 2.24) is 0 Å². The molecule has 1 N–H and O–H groups in total. The zero-order valence-electron chi connectivity index (χ0n) is 12.6. The molecule has 0 spiro atoms. The number of nitrogens with one attached hydrogen (secondary N) is 1. The normalized spacial score (nSPS) is 12.6. The molecule has 8 heteroatoms. The lowest BCUT2D eigenvalue weighted by molar-refractivity contribution is -0.384. The Bertz CT molecular complexity index is 569. The van der Waals surface area contributed by atoms with E-state index in [0.717, 1.165) is 24.3 Å². The molecule has 0 heterocycles. The maximum atomic E-state index is 12.6. The molecule has 0 fully saturated rings. The molecule has 22 heavy (non-hydrogen) atoms. The van der Waals surface area contributed by atoms with Gasteiger partial charge >= 0.3 is 6.18 Å². The molecule has 0 saturated heterocycles. The van der Waals surface area contributed by atoms with Crippen LogP contribution < -0.4 is 5.43 Å². The quantitative estimate of drug-likeness (QED) is 0.464. The summed E-state index contributed by atoms with van der Waals surface area (Å²) in [5.41, 5.74) is 1.41. The van der Waals surface area contributed by atoms with Crippen LogP contribution in [-0.4, -0.2) is 10.6 Å². The van der Waals surface area contributed by atoms with Gasteiger partial charge in [-0.15, -0.1) is 0 Å². The summed E-state index contributed by atoms with van der Waals surface area (Å²) in [6.07, 6.45) is -3.01. The molecule has 5 nitrogen and oxygen atoms in total. The number of nitro benzene ring substituents is 1. The van der Waals surface area contributed by atoms with Crippen molar-refractivity contribution in [3.05, 3.63) is 33.9 Å². The first kappa shape index (κ1) is 17.9. The molecule has 0 unspecified atom stereocenters. The summed E-state index contributed by atoms with van der Waals surface area (Å²) < 4.78 is 37.7. The monoisotopic (exact) mass is 317 g/mol. The molecule has 1 aromatic rings. The highest BCUT2D eigenvalue weighted by Gasteiger charge is 2.33. The van der Waals surface area contributed by atoms with Crippen LogP contribution >= 0.6 is 0 Å². The largest absolute Gasteiger partial charge is 0.416 e. The summed E-state index contributed by atoms with van der Waals surface area (Å²) in [6, 6.07) is 2.30. The molecule has 122 valence electrons. The summed E-state index contributed by atoms with van der Waals surface area (Å²) >= 11 is 0. The van der Waals surface area contributed by atoms with Crippen molar-refractivity contribution >= 4 is 17.1 Å². The Kier molecular flexibility index (Phi) is 5.90. The number of nitrogens with zero attached hydrogens (tertiary/aromatic N) is 2. The molecule has 0 aliphatic heterocycles. The highest BCUT2D eigenvalue weighted by molar-refractivity contribution is 5.83. The number of hydrogen-bond acceptors (Lipinski definition) is 4. The fourth-order valence-electron chi connectivity index (χ4n) is 1.66. The van der Waals surface area contributed by atoms with E-state index < -0.39 is 22.4 Å². The van der Waals surface area contributed by atoms with E-state index in [2.05, 4.69) is 24.4 Å². The van der Waals surface area contributed by atoms with Gasteiger partial charge in [-0.2, -0.15) is 18.3 Å². The van der Waals surface area contributed by atoms with Crippen molar-refractivity contribution in [1.29, 1.82) is 0 Å². The first-order valence-corrected chi connectivity index (χ1v) is 6.76. The molecule has 0 radical (unpaired) electrons. The molecule has 0 saturated carbocycles. The van der Waals surface area contributed by atoms with Gasteiger partial charge in [-0.25, -0.2) is 0 Å². The predicted molar refractivity (Wildman–Crippen MR) is 78.9 cm³/mol. The number of nitro groups is 1. The van der Waals surface area contributed by atoms with E-state index in [9.17, 15) is 23.3 Å². The minimum atomic E-state index is -4.63. The number of benzene rings is 1. The first-order valence-electron chi connectivity index (χ1n) is 6.76. The van der Waals surface area contributed by atoms with Gasteiger partial charge in [0.05, 0.1) is 10.5 Å². The van der Waals surface area contributed by atoms with Crippen molar-refractivity contribution in [2.24, 2.45) is 11.0 Å². The second-order valence-electron chi connectivity index (χ2n) is 5.38. The van der Waals surface area contributed by atoms with E-state index in [4.69, 9.17) is 0 Å². The number of alkyl halides is 3. The fourth-order valence-corrected chi connectivity index (χ4v) is 1.66. The number of halogens is 3. The number of hydrogen-bond donors (Lipinski definition) is 1. The van der Waals surface area contributed by atoms with Gasteiger partial charge in [0.15, 0.2) is 0 Å². The Morgan fingerprint density at radius 3 is 2.55 bits per heavy atom. The van der Waals surface area contributed by atoms with E-state index in [1.807, 2.05) is 0 Å². The van der Waals surface area contributed by atoms with E-state index in [0.29, 0.717) is 18.4 Å². The topological polar surface area (TPSA) is 67.5 Å². The lowest BCUT2D eigenvalue weighted by Gasteiger charge is -2.09. The summed E-state index contributed by atoms with van der Waals surface area (Å²) in [6.45, 7) is 5.87. The molecular weight excluding hydrogens is 299 g/mol. The Morgan fingerprint density at radius 2 is 2.05 bits per heavy atom. The summed E-state index contributed by atoms with van der Waals surface area (Å²) in [5, 5.41) is 14.9. The van der Waals surface area contributed by atoms with Crippen LogP contribution in [0.1, 0.15) is 39.2 Å².